The Bertz CT molecular complexity index is 590. The number of amides is 1. The smallest absolute Gasteiger partial charge is 0.253 e. The molecule has 3 rings (SSSR count). The van der Waals surface area contributed by atoms with Crippen LogP contribution in [0.2, 0.25) is 5.02 Å². The zero-order valence-electron chi connectivity index (χ0n) is 10.9. The molecule has 2 aliphatic rings. The molecule has 5 heteroatoms. The van der Waals surface area contributed by atoms with Gasteiger partial charge in [-0.15, -0.1) is 0 Å². The topological polar surface area (TPSA) is 81.5 Å². The molecule has 4 atom stereocenters. The van der Waals surface area contributed by atoms with Crippen molar-refractivity contribution in [2.45, 2.75) is 12.3 Å². The first-order valence-corrected chi connectivity index (χ1v) is 7.01. The molecule has 0 saturated heterocycles. The highest BCUT2D eigenvalue weighted by atomic mass is 35.5. The van der Waals surface area contributed by atoms with Crippen molar-refractivity contribution < 1.29 is 4.79 Å². The molecule has 0 aliphatic heterocycles. The molecule has 2 unspecified atom stereocenters. The Morgan fingerprint density at radius 1 is 1.15 bits per heavy atom. The molecule has 1 fully saturated rings. The minimum absolute atomic E-state index is 0.137. The van der Waals surface area contributed by atoms with E-state index in [1.54, 1.807) is 0 Å². The maximum absolute atomic E-state index is 12.3. The third-order valence-electron chi connectivity index (χ3n) is 4.24. The van der Waals surface area contributed by atoms with Crippen molar-refractivity contribution in [1.82, 2.24) is 0 Å². The molecule has 1 aromatic carbocycles. The van der Waals surface area contributed by atoms with E-state index in [1.165, 1.54) is 0 Å². The van der Waals surface area contributed by atoms with Crippen molar-refractivity contribution in [3.8, 4) is 0 Å². The van der Waals surface area contributed by atoms with Crippen LogP contribution in [-0.4, -0.2) is 11.9 Å². The molecule has 0 aromatic heterocycles. The molecular weight excluding hydrogens is 274 g/mol. The van der Waals surface area contributed by atoms with Crippen LogP contribution in [0.4, 0.5) is 0 Å². The number of rotatable bonds is 2. The highest BCUT2D eigenvalue weighted by Gasteiger charge is 2.48. The molecule has 1 saturated carbocycles. The monoisotopic (exact) mass is 289 g/mol. The van der Waals surface area contributed by atoms with E-state index >= 15 is 0 Å². The molecule has 20 heavy (non-hydrogen) atoms. The third-order valence-corrected chi connectivity index (χ3v) is 4.49. The van der Waals surface area contributed by atoms with Crippen molar-refractivity contribution in [3.05, 3.63) is 47.0 Å². The number of hydrogen-bond donors (Lipinski definition) is 2. The first-order chi connectivity index (χ1) is 9.56. The van der Waals surface area contributed by atoms with Gasteiger partial charge in [0.15, 0.2) is 5.96 Å². The first kappa shape index (κ1) is 13.2. The minimum atomic E-state index is -0.221. The second kappa shape index (κ2) is 4.94. The fourth-order valence-electron chi connectivity index (χ4n) is 3.50. The van der Waals surface area contributed by atoms with Crippen molar-refractivity contribution in [1.29, 1.82) is 0 Å². The summed E-state index contributed by atoms with van der Waals surface area (Å²) >= 11 is 5.93. The summed E-state index contributed by atoms with van der Waals surface area (Å²) in [7, 11) is 0. The lowest BCUT2D eigenvalue weighted by molar-refractivity contribution is -0.122. The van der Waals surface area contributed by atoms with Gasteiger partial charge in [0.1, 0.15) is 0 Å². The Balaban J connectivity index is 1.95. The maximum atomic E-state index is 12.3. The Kier molecular flexibility index (Phi) is 3.26. The van der Waals surface area contributed by atoms with E-state index in [0.29, 0.717) is 10.9 Å². The summed E-state index contributed by atoms with van der Waals surface area (Å²) in [6.45, 7) is 0. The van der Waals surface area contributed by atoms with Crippen LogP contribution in [0.5, 0.6) is 0 Å². The van der Waals surface area contributed by atoms with Gasteiger partial charge in [0.2, 0.25) is 0 Å². The number of hydrogen-bond acceptors (Lipinski definition) is 1. The molecule has 4 nitrogen and oxygen atoms in total. The third kappa shape index (κ3) is 2.20. The number of nitrogens with two attached hydrogens (primary N) is 2. The van der Waals surface area contributed by atoms with Gasteiger partial charge in [-0.25, -0.2) is 0 Å². The predicted octanol–water partition coefficient (Wildman–Crippen LogP) is 2.05. The van der Waals surface area contributed by atoms with Gasteiger partial charge in [-0.1, -0.05) is 35.9 Å². The molecular formula is C15H16ClN3O. The number of guanidine groups is 1. The number of benzene rings is 1. The van der Waals surface area contributed by atoms with Crippen molar-refractivity contribution in [2.24, 2.45) is 34.2 Å². The van der Waals surface area contributed by atoms with E-state index in [2.05, 4.69) is 17.1 Å². The zero-order chi connectivity index (χ0) is 14.3. The molecule has 2 bridgehead atoms. The molecule has 104 valence electrons. The second-order valence-electron chi connectivity index (χ2n) is 5.43. The van der Waals surface area contributed by atoms with Crippen LogP contribution in [0, 0.1) is 17.8 Å². The van der Waals surface area contributed by atoms with Crippen molar-refractivity contribution in [3.63, 3.8) is 0 Å². The molecule has 0 radical (unpaired) electrons. The van der Waals surface area contributed by atoms with Crippen LogP contribution in [0.15, 0.2) is 41.4 Å². The lowest BCUT2D eigenvalue weighted by Gasteiger charge is -2.26. The van der Waals surface area contributed by atoms with E-state index < -0.39 is 0 Å². The second-order valence-corrected chi connectivity index (χ2v) is 5.86. The van der Waals surface area contributed by atoms with Gasteiger partial charge in [0.05, 0.1) is 5.92 Å². The van der Waals surface area contributed by atoms with E-state index in [0.717, 1.165) is 12.0 Å². The fraction of sp³-hybridized carbons (Fsp3) is 0.333. The van der Waals surface area contributed by atoms with E-state index in [-0.39, 0.29) is 29.6 Å². The molecule has 1 amide bonds. The van der Waals surface area contributed by atoms with Gasteiger partial charge in [0.25, 0.3) is 5.91 Å². The summed E-state index contributed by atoms with van der Waals surface area (Å²) < 4.78 is 0. The molecule has 0 spiro atoms. The van der Waals surface area contributed by atoms with Crippen LogP contribution < -0.4 is 11.5 Å². The number of aliphatic imine (C=N–C) groups is 1. The minimum Gasteiger partial charge on any atom is -0.370 e. The summed E-state index contributed by atoms with van der Waals surface area (Å²) in [5, 5.41) is 0.694. The summed E-state index contributed by atoms with van der Waals surface area (Å²) in [5.41, 5.74) is 11.8. The average Bonchev–Trinajstić information content (AvgIpc) is 2.99. The fourth-order valence-corrected chi connectivity index (χ4v) is 3.63. The Morgan fingerprint density at radius 2 is 1.80 bits per heavy atom. The lowest BCUT2D eigenvalue weighted by Crippen LogP contribution is -2.30. The van der Waals surface area contributed by atoms with Gasteiger partial charge in [-0.2, -0.15) is 4.99 Å². The SMILES string of the molecule is NC(N)=NC(=O)[C@H]1C2C=CC(C2)[C@@H]1c1ccc(Cl)cc1. The predicted molar refractivity (Wildman–Crippen MR) is 79.2 cm³/mol. The van der Waals surface area contributed by atoms with Crippen molar-refractivity contribution in [2.75, 3.05) is 0 Å². The summed E-state index contributed by atoms with van der Waals surface area (Å²) in [6.07, 6.45) is 5.30. The molecule has 2 aliphatic carbocycles. The normalized spacial score (nSPS) is 30.4. The quantitative estimate of drug-likeness (QED) is 0.497. The highest BCUT2D eigenvalue weighted by molar-refractivity contribution is 6.30. The largest absolute Gasteiger partial charge is 0.370 e. The zero-order valence-corrected chi connectivity index (χ0v) is 11.6. The van der Waals surface area contributed by atoms with Gasteiger partial charge in [0, 0.05) is 10.9 Å². The molecule has 0 heterocycles. The van der Waals surface area contributed by atoms with Crippen LogP contribution in [-0.2, 0) is 4.79 Å². The lowest BCUT2D eigenvalue weighted by atomic mass is 9.78. The first-order valence-electron chi connectivity index (χ1n) is 6.63. The number of carbonyl (C=O) groups excluding carboxylic acids is 1. The average molecular weight is 290 g/mol. The van der Waals surface area contributed by atoms with Crippen LogP contribution in [0.3, 0.4) is 0 Å². The highest BCUT2D eigenvalue weighted by Crippen LogP contribution is 2.53. The number of allylic oxidation sites excluding steroid dienone is 2. The molecule has 4 N–H and O–H groups in total. The van der Waals surface area contributed by atoms with Gasteiger partial charge < -0.3 is 11.5 Å². The van der Waals surface area contributed by atoms with Crippen LogP contribution >= 0.6 is 11.6 Å². The van der Waals surface area contributed by atoms with E-state index in [1.807, 2.05) is 24.3 Å². The van der Waals surface area contributed by atoms with Crippen molar-refractivity contribution >= 4 is 23.5 Å². The van der Waals surface area contributed by atoms with Crippen LogP contribution in [0.1, 0.15) is 17.9 Å². The van der Waals surface area contributed by atoms with Gasteiger partial charge in [-0.05, 0) is 36.0 Å². The number of carbonyl (C=O) groups is 1. The Hall–Kier alpha value is -1.81. The number of fused-ring (bicyclic) bond motifs is 2. The van der Waals surface area contributed by atoms with E-state index in [9.17, 15) is 4.79 Å². The Labute approximate surface area is 122 Å². The van der Waals surface area contributed by atoms with Gasteiger partial charge >= 0.3 is 0 Å². The summed E-state index contributed by atoms with van der Waals surface area (Å²) in [6, 6.07) is 7.68. The molecule has 1 aromatic rings. The summed E-state index contributed by atoms with van der Waals surface area (Å²) in [4.78, 5) is 16.0. The van der Waals surface area contributed by atoms with Gasteiger partial charge in [-0.3, -0.25) is 4.79 Å². The number of nitrogens with zero attached hydrogens (tertiary/aromatic N) is 1. The summed E-state index contributed by atoms with van der Waals surface area (Å²) in [5.74, 6) is 0.185. The Morgan fingerprint density at radius 3 is 2.45 bits per heavy atom. The number of halogens is 1. The van der Waals surface area contributed by atoms with E-state index in [4.69, 9.17) is 23.1 Å². The van der Waals surface area contributed by atoms with Crippen LogP contribution in [0.25, 0.3) is 0 Å². The maximum Gasteiger partial charge on any atom is 0.253 e. The standard InChI is InChI=1S/C15H16ClN3O/c16-11-5-3-8(4-6-11)12-9-1-2-10(7-9)13(12)14(20)19-15(17)18/h1-6,9-10,12-13H,7H2,(H4,17,18,19,20)/t9?,10?,12-,13-/m0/s1.